The predicted molar refractivity (Wildman–Crippen MR) is 103 cm³/mol. The number of pyridine rings is 1. The lowest BCUT2D eigenvalue weighted by molar-refractivity contribution is 0.282. The van der Waals surface area contributed by atoms with Gasteiger partial charge in [0.15, 0.2) is 5.65 Å². The van der Waals surface area contributed by atoms with Crippen molar-refractivity contribution in [1.29, 1.82) is 0 Å². The molecule has 5 rings (SSSR count). The summed E-state index contributed by atoms with van der Waals surface area (Å²) in [5.74, 6) is 2.32. The second-order valence-corrected chi connectivity index (χ2v) is 7.14. The standard InChI is InChI=1S/C21H21N5O/c1-27-17-4-2-3-16-11-21(16,12-17)18-14-24-20-6-5-19(25-26(18)20)23-13-15-7-9-22-10-8-15/h2-3,5-10,12,14,16H,4,11,13H2,1H3,(H,23,25). The minimum absolute atomic E-state index is 0.0610. The second kappa shape index (κ2) is 6.23. The monoisotopic (exact) mass is 359 g/mol. The summed E-state index contributed by atoms with van der Waals surface area (Å²) in [6.07, 6.45) is 14.2. The Morgan fingerprint density at radius 1 is 1.26 bits per heavy atom. The second-order valence-electron chi connectivity index (χ2n) is 7.14. The van der Waals surface area contributed by atoms with Crippen LogP contribution in [0.4, 0.5) is 5.82 Å². The SMILES string of the molecule is COC1=CC2(c3cnc4ccc(NCc5ccncc5)nn34)CC2C=CC1. The van der Waals surface area contributed by atoms with Gasteiger partial charge in [-0.2, -0.15) is 0 Å². The molecule has 27 heavy (non-hydrogen) atoms. The molecule has 3 aromatic rings. The van der Waals surface area contributed by atoms with Crippen LogP contribution >= 0.6 is 0 Å². The molecule has 2 unspecified atom stereocenters. The van der Waals surface area contributed by atoms with Gasteiger partial charge >= 0.3 is 0 Å². The summed E-state index contributed by atoms with van der Waals surface area (Å²) >= 11 is 0. The Bertz CT molecular complexity index is 1040. The van der Waals surface area contributed by atoms with Crippen LogP contribution in [0.2, 0.25) is 0 Å². The van der Waals surface area contributed by atoms with Gasteiger partial charge in [0, 0.05) is 30.8 Å². The number of allylic oxidation sites excluding steroid dienone is 3. The molecule has 0 radical (unpaired) electrons. The summed E-state index contributed by atoms with van der Waals surface area (Å²) in [5.41, 5.74) is 3.09. The molecule has 2 atom stereocenters. The van der Waals surface area contributed by atoms with Crippen molar-refractivity contribution < 1.29 is 4.74 Å². The molecule has 1 fully saturated rings. The normalized spacial score (nSPS) is 23.4. The molecule has 0 amide bonds. The predicted octanol–water partition coefficient (Wildman–Crippen LogP) is 3.48. The van der Waals surface area contributed by atoms with Gasteiger partial charge in [0.25, 0.3) is 0 Å². The molecule has 3 aromatic heterocycles. The van der Waals surface area contributed by atoms with Gasteiger partial charge in [0.05, 0.1) is 24.8 Å². The number of fused-ring (bicyclic) bond motifs is 2. The van der Waals surface area contributed by atoms with Crippen LogP contribution in [0.1, 0.15) is 24.1 Å². The summed E-state index contributed by atoms with van der Waals surface area (Å²) in [6, 6.07) is 7.97. The molecule has 0 saturated heterocycles. The van der Waals surface area contributed by atoms with Gasteiger partial charge in [-0.1, -0.05) is 12.2 Å². The largest absolute Gasteiger partial charge is 0.501 e. The van der Waals surface area contributed by atoms with Crippen LogP contribution in [-0.2, 0) is 16.7 Å². The molecular weight excluding hydrogens is 338 g/mol. The van der Waals surface area contributed by atoms with Gasteiger partial charge < -0.3 is 10.1 Å². The minimum Gasteiger partial charge on any atom is -0.501 e. The number of ether oxygens (including phenoxy) is 1. The lowest BCUT2D eigenvalue weighted by Gasteiger charge is -2.13. The fourth-order valence-electron chi connectivity index (χ4n) is 3.89. The highest BCUT2D eigenvalue weighted by atomic mass is 16.5. The summed E-state index contributed by atoms with van der Waals surface area (Å²) in [4.78, 5) is 8.63. The first-order chi connectivity index (χ1) is 13.3. The average Bonchev–Trinajstić information content (AvgIpc) is 3.27. The Hall–Kier alpha value is -3.15. The van der Waals surface area contributed by atoms with Crippen LogP contribution < -0.4 is 5.32 Å². The topological polar surface area (TPSA) is 64.3 Å². The van der Waals surface area contributed by atoms with E-state index >= 15 is 0 Å². The van der Waals surface area contributed by atoms with Crippen molar-refractivity contribution in [3.63, 3.8) is 0 Å². The molecule has 0 aromatic carbocycles. The molecule has 1 N–H and O–H groups in total. The summed E-state index contributed by atoms with van der Waals surface area (Å²) < 4.78 is 7.53. The molecule has 6 heteroatoms. The highest BCUT2D eigenvalue weighted by molar-refractivity contribution is 5.50. The van der Waals surface area contributed by atoms with Gasteiger partial charge in [-0.05, 0) is 48.2 Å². The van der Waals surface area contributed by atoms with Crippen LogP contribution in [0.25, 0.3) is 5.65 Å². The molecule has 3 heterocycles. The van der Waals surface area contributed by atoms with E-state index in [1.165, 1.54) is 5.56 Å². The van der Waals surface area contributed by atoms with Crippen molar-refractivity contribution in [1.82, 2.24) is 19.6 Å². The number of nitrogens with zero attached hydrogens (tertiary/aromatic N) is 4. The van der Waals surface area contributed by atoms with Gasteiger partial charge in [-0.3, -0.25) is 4.98 Å². The van der Waals surface area contributed by atoms with E-state index in [0.29, 0.717) is 12.5 Å². The van der Waals surface area contributed by atoms with Gasteiger partial charge in [0.2, 0.25) is 0 Å². The molecule has 6 nitrogen and oxygen atoms in total. The van der Waals surface area contributed by atoms with Crippen LogP contribution in [0, 0.1) is 5.92 Å². The fourth-order valence-corrected chi connectivity index (χ4v) is 3.89. The Morgan fingerprint density at radius 2 is 2.15 bits per heavy atom. The highest BCUT2D eigenvalue weighted by Gasteiger charge is 2.55. The van der Waals surface area contributed by atoms with Crippen molar-refractivity contribution in [3.8, 4) is 0 Å². The number of anilines is 1. The molecular formula is C21H21N5O. The fraction of sp³-hybridized carbons (Fsp3) is 0.286. The van der Waals surface area contributed by atoms with E-state index in [0.717, 1.165) is 35.8 Å². The maximum Gasteiger partial charge on any atom is 0.153 e. The third-order valence-electron chi connectivity index (χ3n) is 5.49. The highest BCUT2D eigenvalue weighted by Crippen LogP contribution is 2.57. The zero-order valence-electron chi connectivity index (χ0n) is 15.2. The van der Waals surface area contributed by atoms with Crippen molar-refractivity contribution in [3.05, 3.63) is 78.1 Å². The number of methoxy groups -OCH3 is 1. The van der Waals surface area contributed by atoms with E-state index in [1.807, 2.05) is 35.0 Å². The third-order valence-corrected chi connectivity index (χ3v) is 5.49. The lowest BCUT2D eigenvalue weighted by Crippen LogP contribution is -2.13. The molecule has 0 bridgehead atoms. The molecule has 136 valence electrons. The molecule has 1 saturated carbocycles. The van der Waals surface area contributed by atoms with E-state index in [9.17, 15) is 0 Å². The summed E-state index contributed by atoms with van der Waals surface area (Å²) in [6.45, 7) is 0.704. The number of nitrogens with one attached hydrogen (secondary N) is 1. The Balaban J connectivity index is 1.48. The minimum atomic E-state index is -0.0610. The van der Waals surface area contributed by atoms with Crippen LogP contribution in [0.3, 0.4) is 0 Å². The Labute approximate surface area is 157 Å². The third kappa shape index (κ3) is 2.77. The number of hydrogen-bond acceptors (Lipinski definition) is 5. The van der Waals surface area contributed by atoms with Gasteiger partial charge in [0.1, 0.15) is 5.82 Å². The number of hydrogen-bond donors (Lipinski definition) is 1. The van der Waals surface area contributed by atoms with Gasteiger partial charge in [-0.25, -0.2) is 9.50 Å². The van der Waals surface area contributed by atoms with Crippen molar-refractivity contribution in [2.24, 2.45) is 5.92 Å². The number of rotatable bonds is 5. The van der Waals surface area contributed by atoms with E-state index < -0.39 is 0 Å². The summed E-state index contributed by atoms with van der Waals surface area (Å²) in [7, 11) is 1.74. The first-order valence-corrected chi connectivity index (χ1v) is 9.19. The quantitative estimate of drug-likeness (QED) is 0.707. The number of aromatic nitrogens is 4. The van der Waals surface area contributed by atoms with Gasteiger partial charge in [-0.15, -0.1) is 5.10 Å². The Kier molecular flexibility index (Phi) is 3.70. The van der Waals surface area contributed by atoms with E-state index in [-0.39, 0.29) is 5.41 Å². The van der Waals surface area contributed by atoms with Crippen molar-refractivity contribution in [2.75, 3.05) is 12.4 Å². The van der Waals surface area contributed by atoms with E-state index in [4.69, 9.17) is 9.84 Å². The average molecular weight is 359 g/mol. The maximum absolute atomic E-state index is 5.56. The maximum atomic E-state index is 5.56. The number of imidazole rings is 1. The first kappa shape index (κ1) is 16.1. The zero-order valence-corrected chi connectivity index (χ0v) is 15.2. The molecule has 0 spiro atoms. The van der Waals surface area contributed by atoms with Crippen LogP contribution in [-0.4, -0.2) is 26.7 Å². The Morgan fingerprint density at radius 3 is 3.00 bits per heavy atom. The van der Waals surface area contributed by atoms with Crippen molar-refractivity contribution >= 4 is 11.5 Å². The summed E-state index contributed by atoms with van der Waals surface area (Å²) in [5, 5.41) is 8.20. The van der Waals surface area contributed by atoms with Crippen molar-refractivity contribution in [2.45, 2.75) is 24.8 Å². The molecule has 0 aliphatic heterocycles. The molecule has 2 aliphatic rings. The first-order valence-electron chi connectivity index (χ1n) is 9.19. The lowest BCUT2D eigenvalue weighted by atomic mass is 9.99. The molecule has 2 aliphatic carbocycles. The smallest absolute Gasteiger partial charge is 0.153 e. The zero-order chi connectivity index (χ0) is 18.3. The van der Waals surface area contributed by atoms with E-state index in [2.05, 4.69) is 33.5 Å². The van der Waals surface area contributed by atoms with Crippen LogP contribution in [0.15, 0.2) is 66.8 Å². The van der Waals surface area contributed by atoms with Crippen LogP contribution in [0.5, 0.6) is 0 Å². The van der Waals surface area contributed by atoms with E-state index in [1.54, 1.807) is 19.5 Å².